The fraction of sp³-hybridized carbons (Fsp3) is 0.609. The molecule has 4 saturated carbocycles. The Kier molecular flexibility index (Phi) is 4.72. The smallest absolute Gasteiger partial charge is 0.262 e. The van der Waals surface area contributed by atoms with E-state index in [1.807, 2.05) is 6.26 Å². The molecular formula is C23H28N2O3S. The summed E-state index contributed by atoms with van der Waals surface area (Å²) in [6, 6.07) is 6.15. The van der Waals surface area contributed by atoms with Crippen LogP contribution in [-0.4, -0.2) is 46.2 Å². The minimum absolute atomic E-state index is 0.123. The van der Waals surface area contributed by atoms with Crippen LogP contribution in [-0.2, 0) is 4.79 Å². The maximum Gasteiger partial charge on any atom is 0.262 e. The molecule has 5 aliphatic rings. The molecule has 4 aliphatic carbocycles. The molecule has 4 fully saturated rings. The predicted octanol–water partition coefficient (Wildman–Crippen LogP) is 3.49. The van der Waals surface area contributed by atoms with E-state index in [2.05, 4.69) is 5.32 Å². The molecule has 3 amide bonds. The van der Waals surface area contributed by atoms with Crippen molar-refractivity contribution < 1.29 is 14.4 Å². The van der Waals surface area contributed by atoms with Crippen LogP contribution in [0.5, 0.6) is 0 Å². The van der Waals surface area contributed by atoms with Gasteiger partial charge in [0.1, 0.15) is 6.04 Å². The summed E-state index contributed by atoms with van der Waals surface area (Å²) in [5.74, 6) is 2.10. The lowest BCUT2D eigenvalue weighted by molar-refractivity contribution is -0.130. The second kappa shape index (κ2) is 7.15. The first-order valence-electron chi connectivity index (χ1n) is 10.8. The van der Waals surface area contributed by atoms with Gasteiger partial charge in [0.05, 0.1) is 11.1 Å². The molecule has 0 radical (unpaired) electrons. The number of carbonyl (C=O) groups is 3. The van der Waals surface area contributed by atoms with E-state index < -0.39 is 6.04 Å². The molecular weight excluding hydrogens is 384 g/mol. The second-order valence-electron chi connectivity index (χ2n) is 9.51. The highest BCUT2D eigenvalue weighted by Gasteiger charge is 2.52. The first-order chi connectivity index (χ1) is 14.0. The van der Waals surface area contributed by atoms with Gasteiger partial charge in [-0.2, -0.15) is 11.8 Å². The number of benzene rings is 1. The summed E-state index contributed by atoms with van der Waals surface area (Å²) < 4.78 is 0. The van der Waals surface area contributed by atoms with Crippen molar-refractivity contribution in [2.75, 3.05) is 12.0 Å². The number of hydrogen-bond acceptors (Lipinski definition) is 4. The van der Waals surface area contributed by atoms with Crippen LogP contribution in [0.25, 0.3) is 0 Å². The van der Waals surface area contributed by atoms with Gasteiger partial charge in [-0.05, 0) is 86.8 Å². The minimum Gasteiger partial charge on any atom is -0.349 e. The standard InChI is InChI=1S/C23H28N2O3S/c1-29-7-6-19(25-21(27)17-4-2-3-5-18(17)22(25)28)20(26)24-23-11-14-8-15(12-23)10-16(9-14)13-23/h2-5,14-16,19H,6-13H2,1H3,(H,24,26)/t14?,15?,16?,19-,23?/m1/s1. The van der Waals surface area contributed by atoms with Crippen LogP contribution in [0.15, 0.2) is 24.3 Å². The molecule has 0 saturated heterocycles. The number of imide groups is 1. The number of hydrogen-bond donors (Lipinski definition) is 1. The summed E-state index contributed by atoms with van der Waals surface area (Å²) in [6.45, 7) is 0. The summed E-state index contributed by atoms with van der Waals surface area (Å²) >= 11 is 1.63. The van der Waals surface area contributed by atoms with Crippen molar-refractivity contribution in [1.82, 2.24) is 10.2 Å². The number of carbonyl (C=O) groups excluding carboxylic acids is 3. The molecule has 0 unspecified atom stereocenters. The van der Waals surface area contributed by atoms with Crippen molar-refractivity contribution in [3.05, 3.63) is 35.4 Å². The molecule has 1 aromatic rings. The highest BCUT2D eigenvalue weighted by atomic mass is 32.2. The van der Waals surface area contributed by atoms with Gasteiger partial charge in [-0.15, -0.1) is 0 Å². The van der Waals surface area contributed by atoms with E-state index in [0.717, 1.165) is 42.8 Å². The van der Waals surface area contributed by atoms with Gasteiger partial charge in [-0.1, -0.05) is 12.1 Å². The Bertz CT molecular complexity index is 797. The van der Waals surface area contributed by atoms with Crippen LogP contribution in [0.3, 0.4) is 0 Å². The summed E-state index contributed by atoms with van der Waals surface area (Å²) in [7, 11) is 0. The van der Waals surface area contributed by atoms with Crippen LogP contribution in [0.1, 0.15) is 65.7 Å². The fourth-order valence-corrected chi connectivity index (χ4v) is 7.17. The Hall–Kier alpha value is -1.82. The van der Waals surface area contributed by atoms with Gasteiger partial charge >= 0.3 is 0 Å². The SMILES string of the molecule is CSCC[C@H](C(=O)NC12CC3CC(CC(C3)C1)C2)N1C(=O)c2ccccc2C1=O. The summed E-state index contributed by atoms with van der Waals surface area (Å²) in [5, 5.41) is 3.38. The zero-order valence-electron chi connectivity index (χ0n) is 16.9. The maximum atomic E-state index is 13.5. The van der Waals surface area contributed by atoms with E-state index >= 15 is 0 Å². The van der Waals surface area contributed by atoms with E-state index in [1.54, 1.807) is 36.0 Å². The molecule has 5 nitrogen and oxygen atoms in total. The quantitative estimate of drug-likeness (QED) is 0.727. The van der Waals surface area contributed by atoms with Crippen molar-refractivity contribution in [2.45, 2.75) is 56.5 Å². The van der Waals surface area contributed by atoms with Crippen LogP contribution in [0, 0.1) is 17.8 Å². The number of nitrogens with zero attached hydrogens (tertiary/aromatic N) is 1. The third kappa shape index (κ3) is 3.20. The fourth-order valence-electron chi connectivity index (χ4n) is 6.71. The Labute approximate surface area is 176 Å². The van der Waals surface area contributed by atoms with E-state index in [0.29, 0.717) is 17.5 Å². The Morgan fingerprint density at radius 1 is 1.07 bits per heavy atom. The third-order valence-electron chi connectivity index (χ3n) is 7.46. The maximum absolute atomic E-state index is 13.5. The number of nitrogens with one attached hydrogen (secondary N) is 1. The average molecular weight is 413 g/mol. The van der Waals surface area contributed by atoms with E-state index in [-0.39, 0.29) is 23.3 Å². The lowest BCUT2D eigenvalue weighted by atomic mass is 9.53. The molecule has 4 bridgehead atoms. The summed E-state index contributed by atoms with van der Waals surface area (Å²) in [6.07, 6.45) is 9.57. The number of rotatable bonds is 6. The average Bonchev–Trinajstić information content (AvgIpc) is 2.92. The summed E-state index contributed by atoms with van der Waals surface area (Å²) in [5.41, 5.74) is 0.700. The molecule has 1 aliphatic heterocycles. The van der Waals surface area contributed by atoms with Gasteiger partial charge in [0.2, 0.25) is 5.91 Å². The van der Waals surface area contributed by atoms with Crippen molar-refractivity contribution >= 4 is 29.5 Å². The minimum atomic E-state index is -0.733. The zero-order chi connectivity index (χ0) is 20.2. The molecule has 1 aromatic carbocycles. The predicted molar refractivity (Wildman–Crippen MR) is 113 cm³/mol. The molecule has 154 valence electrons. The van der Waals surface area contributed by atoms with Gasteiger partial charge in [0, 0.05) is 5.54 Å². The van der Waals surface area contributed by atoms with Crippen LogP contribution in [0.2, 0.25) is 0 Å². The van der Waals surface area contributed by atoms with Gasteiger partial charge in [-0.3, -0.25) is 19.3 Å². The van der Waals surface area contributed by atoms with Crippen LogP contribution in [0.4, 0.5) is 0 Å². The molecule has 6 rings (SSSR count). The summed E-state index contributed by atoms with van der Waals surface area (Å²) in [4.78, 5) is 40.7. The lowest BCUT2D eigenvalue weighted by Gasteiger charge is -2.57. The Morgan fingerprint density at radius 2 is 1.59 bits per heavy atom. The van der Waals surface area contributed by atoms with Crippen molar-refractivity contribution in [3.8, 4) is 0 Å². The first kappa shape index (κ1) is 19.2. The molecule has 0 spiro atoms. The van der Waals surface area contributed by atoms with Crippen molar-refractivity contribution in [3.63, 3.8) is 0 Å². The Balaban J connectivity index is 1.40. The van der Waals surface area contributed by atoms with Crippen LogP contribution >= 0.6 is 11.8 Å². The Morgan fingerprint density at radius 3 is 2.07 bits per heavy atom. The van der Waals surface area contributed by atoms with Crippen molar-refractivity contribution in [2.24, 2.45) is 17.8 Å². The monoisotopic (exact) mass is 412 g/mol. The highest BCUT2D eigenvalue weighted by molar-refractivity contribution is 7.98. The molecule has 29 heavy (non-hydrogen) atoms. The van der Waals surface area contributed by atoms with Gasteiger partial charge in [0.25, 0.3) is 11.8 Å². The van der Waals surface area contributed by atoms with E-state index in [4.69, 9.17) is 0 Å². The molecule has 0 aromatic heterocycles. The van der Waals surface area contributed by atoms with Gasteiger partial charge in [0.15, 0.2) is 0 Å². The largest absolute Gasteiger partial charge is 0.349 e. The van der Waals surface area contributed by atoms with E-state index in [9.17, 15) is 14.4 Å². The number of fused-ring (bicyclic) bond motifs is 1. The van der Waals surface area contributed by atoms with E-state index in [1.165, 1.54) is 24.2 Å². The second-order valence-corrected chi connectivity index (χ2v) is 10.5. The number of amides is 3. The zero-order valence-corrected chi connectivity index (χ0v) is 17.7. The lowest BCUT2D eigenvalue weighted by Crippen LogP contribution is -2.63. The van der Waals surface area contributed by atoms with Gasteiger partial charge < -0.3 is 5.32 Å². The number of thioether (sulfide) groups is 1. The molecule has 1 N–H and O–H groups in total. The topological polar surface area (TPSA) is 66.5 Å². The van der Waals surface area contributed by atoms with Crippen molar-refractivity contribution in [1.29, 1.82) is 0 Å². The van der Waals surface area contributed by atoms with Gasteiger partial charge in [-0.25, -0.2) is 0 Å². The molecule has 1 atom stereocenters. The molecule has 6 heteroatoms. The van der Waals surface area contributed by atoms with Crippen LogP contribution < -0.4 is 5.32 Å². The molecule has 1 heterocycles. The third-order valence-corrected chi connectivity index (χ3v) is 8.11. The highest BCUT2D eigenvalue weighted by Crippen LogP contribution is 2.55. The normalized spacial score (nSPS) is 33.1. The first-order valence-corrected chi connectivity index (χ1v) is 12.2.